The van der Waals surface area contributed by atoms with Gasteiger partial charge in [0.25, 0.3) is 10.0 Å². The first-order valence-electron chi connectivity index (χ1n) is 7.76. The van der Waals surface area contributed by atoms with E-state index >= 15 is 0 Å². The molecule has 7 nitrogen and oxygen atoms in total. The molecule has 0 aliphatic heterocycles. The lowest BCUT2D eigenvalue weighted by molar-refractivity contribution is -0.138. The third-order valence-corrected chi connectivity index (χ3v) is 6.69. The number of nitrogens with zero attached hydrogens (tertiary/aromatic N) is 2. The Bertz CT molecular complexity index is 1010. The van der Waals surface area contributed by atoms with Crippen molar-refractivity contribution in [2.45, 2.75) is 23.6 Å². The molecule has 0 aliphatic carbocycles. The van der Waals surface area contributed by atoms with Gasteiger partial charge in [-0.25, -0.2) is 13.1 Å². The SMILES string of the molecule is Cc1cnn(-c2ccc(S(=O)(=O)NC(Cc3ccccc3)C(=O)O)s2)c1. The van der Waals surface area contributed by atoms with Crippen molar-refractivity contribution in [2.75, 3.05) is 0 Å². The van der Waals surface area contributed by atoms with Gasteiger partial charge in [0.15, 0.2) is 0 Å². The number of benzene rings is 1. The van der Waals surface area contributed by atoms with Crippen LogP contribution < -0.4 is 4.72 Å². The second kappa shape index (κ2) is 7.40. The summed E-state index contributed by atoms with van der Waals surface area (Å²) in [5, 5.41) is 14.2. The van der Waals surface area contributed by atoms with Gasteiger partial charge in [0.2, 0.25) is 0 Å². The summed E-state index contributed by atoms with van der Waals surface area (Å²) >= 11 is 1.02. The molecule has 0 amide bonds. The molecule has 0 saturated carbocycles. The molecule has 136 valence electrons. The predicted octanol–water partition coefficient (Wildman–Crippen LogP) is 2.22. The number of aliphatic carboxylic acids is 1. The molecule has 9 heteroatoms. The highest BCUT2D eigenvalue weighted by molar-refractivity contribution is 7.91. The first-order valence-corrected chi connectivity index (χ1v) is 10.1. The fourth-order valence-corrected chi connectivity index (χ4v) is 4.82. The van der Waals surface area contributed by atoms with E-state index in [2.05, 4.69) is 9.82 Å². The lowest BCUT2D eigenvalue weighted by Gasteiger charge is -2.14. The lowest BCUT2D eigenvalue weighted by atomic mass is 10.1. The van der Waals surface area contributed by atoms with E-state index in [0.717, 1.165) is 22.5 Å². The molecular weight excluding hydrogens is 374 g/mol. The third-order valence-electron chi connectivity index (χ3n) is 3.65. The smallest absolute Gasteiger partial charge is 0.322 e. The summed E-state index contributed by atoms with van der Waals surface area (Å²) in [5.41, 5.74) is 1.69. The molecule has 0 spiro atoms. The molecule has 1 unspecified atom stereocenters. The van der Waals surface area contributed by atoms with E-state index in [1.807, 2.05) is 13.0 Å². The molecule has 3 aromatic rings. The predicted molar refractivity (Wildman–Crippen MR) is 98.1 cm³/mol. The van der Waals surface area contributed by atoms with Crippen molar-refractivity contribution in [3.8, 4) is 5.00 Å². The molecule has 0 radical (unpaired) electrons. The number of rotatable bonds is 7. The van der Waals surface area contributed by atoms with Crippen LogP contribution in [0.4, 0.5) is 0 Å². The van der Waals surface area contributed by atoms with Crippen molar-refractivity contribution in [1.82, 2.24) is 14.5 Å². The fraction of sp³-hybridized carbons (Fsp3) is 0.176. The zero-order valence-electron chi connectivity index (χ0n) is 13.9. The Morgan fingerprint density at radius 3 is 2.62 bits per heavy atom. The van der Waals surface area contributed by atoms with Gasteiger partial charge in [0.1, 0.15) is 15.3 Å². The highest BCUT2D eigenvalue weighted by Crippen LogP contribution is 2.25. The quantitative estimate of drug-likeness (QED) is 0.643. The van der Waals surface area contributed by atoms with Crippen LogP contribution in [0, 0.1) is 6.92 Å². The second-order valence-corrected chi connectivity index (χ2v) is 8.76. The third kappa shape index (κ3) is 4.18. The zero-order valence-corrected chi connectivity index (χ0v) is 15.5. The molecule has 0 bridgehead atoms. The van der Waals surface area contributed by atoms with Gasteiger partial charge in [-0.1, -0.05) is 30.3 Å². The van der Waals surface area contributed by atoms with Crippen molar-refractivity contribution >= 4 is 27.3 Å². The summed E-state index contributed by atoms with van der Waals surface area (Å²) in [4.78, 5) is 11.5. The second-order valence-electron chi connectivity index (χ2n) is 5.76. The minimum atomic E-state index is -3.96. The van der Waals surface area contributed by atoms with Gasteiger partial charge in [-0.05, 0) is 36.6 Å². The normalized spacial score (nSPS) is 12.8. The summed E-state index contributed by atoms with van der Waals surface area (Å²) in [7, 11) is -3.96. The number of carboxylic acid groups (broad SMARTS) is 1. The molecule has 26 heavy (non-hydrogen) atoms. The number of aryl methyl sites for hydroxylation is 1. The number of nitrogens with one attached hydrogen (secondary N) is 1. The highest BCUT2D eigenvalue weighted by atomic mass is 32.2. The number of sulfonamides is 1. The highest BCUT2D eigenvalue weighted by Gasteiger charge is 2.27. The van der Waals surface area contributed by atoms with Crippen LogP contribution in [-0.4, -0.2) is 35.3 Å². The van der Waals surface area contributed by atoms with E-state index < -0.39 is 22.0 Å². The summed E-state index contributed by atoms with van der Waals surface area (Å²) in [6.07, 6.45) is 3.52. The Morgan fingerprint density at radius 2 is 2.00 bits per heavy atom. The minimum Gasteiger partial charge on any atom is -0.480 e. The van der Waals surface area contributed by atoms with Gasteiger partial charge >= 0.3 is 5.97 Å². The van der Waals surface area contributed by atoms with Gasteiger partial charge < -0.3 is 5.11 Å². The molecule has 2 aromatic heterocycles. The van der Waals surface area contributed by atoms with Crippen LogP contribution in [0.15, 0.2) is 59.1 Å². The average Bonchev–Trinajstić information content (AvgIpc) is 3.24. The molecule has 0 aliphatic rings. The number of aromatic nitrogens is 2. The molecule has 2 N–H and O–H groups in total. The van der Waals surface area contributed by atoms with Gasteiger partial charge in [-0.2, -0.15) is 9.82 Å². The number of carbonyl (C=O) groups is 1. The zero-order chi connectivity index (χ0) is 18.7. The van der Waals surface area contributed by atoms with Crippen molar-refractivity contribution < 1.29 is 18.3 Å². The molecule has 2 heterocycles. The maximum atomic E-state index is 12.6. The van der Waals surface area contributed by atoms with Crippen LogP contribution in [-0.2, 0) is 21.2 Å². The number of carboxylic acids is 1. The Balaban J connectivity index is 1.80. The number of thiophene rings is 1. The van der Waals surface area contributed by atoms with Crippen molar-refractivity contribution in [3.05, 3.63) is 66.0 Å². The number of hydrogen-bond acceptors (Lipinski definition) is 5. The Labute approximate surface area is 155 Å². The standard InChI is InChI=1S/C17H17N3O4S2/c1-12-10-18-20(11-12)15-7-8-16(25-15)26(23,24)19-14(17(21)22)9-13-5-3-2-4-6-13/h2-8,10-11,14,19H,9H2,1H3,(H,21,22). The minimum absolute atomic E-state index is 0.0416. The van der Waals surface area contributed by atoms with E-state index in [4.69, 9.17) is 0 Å². The van der Waals surface area contributed by atoms with Crippen LogP contribution in [0.3, 0.4) is 0 Å². The Morgan fingerprint density at radius 1 is 1.27 bits per heavy atom. The van der Waals surface area contributed by atoms with Gasteiger partial charge in [0, 0.05) is 6.20 Å². The Kier molecular flexibility index (Phi) is 5.21. The summed E-state index contributed by atoms with van der Waals surface area (Å²) < 4.78 is 29.1. The maximum absolute atomic E-state index is 12.6. The van der Waals surface area contributed by atoms with Gasteiger partial charge in [-0.15, -0.1) is 11.3 Å². The van der Waals surface area contributed by atoms with Gasteiger partial charge in [0.05, 0.1) is 6.20 Å². The summed E-state index contributed by atoms with van der Waals surface area (Å²) in [6, 6.07) is 10.7. The van der Waals surface area contributed by atoms with Crippen LogP contribution in [0.2, 0.25) is 0 Å². The van der Waals surface area contributed by atoms with Crippen LogP contribution in [0.1, 0.15) is 11.1 Å². The van der Waals surface area contributed by atoms with E-state index in [-0.39, 0.29) is 10.6 Å². The molecular formula is C17H17N3O4S2. The van der Waals surface area contributed by atoms with Crippen LogP contribution in [0.5, 0.6) is 0 Å². The maximum Gasteiger partial charge on any atom is 0.322 e. The van der Waals surface area contributed by atoms with Crippen LogP contribution in [0.25, 0.3) is 5.00 Å². The molecule has 1 aromatic carbocycles. The van der Waals surface area contributed by atoms with E-state index in [0.29, 0.717) is 5.00 Å². The van der Waals surface area contributed by atoms with Crippen molar-refractivity contribution in [2.24, 2.45) is 0 Å². The van der Waals surface area contributed by atoms with E-state index in [9.17, 15) is 18.3 Å². The summed E-state index contributed by atoms with van der Waals surface area (Å²) in [6.45, 7) is 1.89. The largest absolute Gasteiger partial charge is 0.480 e. The van der Waals surface area contributed by atoms with E-state index in [1.54, 1.807) is 47.4 Å². The number of hydrogen-bond donors (Lipinski definition) is 2. The topological polar surface area (TPSA) is 101 Å². The molecule has 0 fully saturated rings. The lowest BCUT2D eigenvalue weighted by Crippen LogP contribution is -2.42. The Hall–Kier alpha value is -2.49. The average molecular weight is 391 g/mol. The van der Waals surface area contributed by atoms with Crippen molar-refractivity contribution in [3.63, 3.8) is 0 Å². The molecule has 0 saturated heterocycles. The van der Waals surface area contributed by atoms with Crippen molar-refractivity contribution in [1.29, 1.82) is 0 Å². The first-order chi connectivity index (χ1) is 12.3. The monoisotopic (exact) mass is 391 g/mol. The fourth-order valence-electron chi connectivity index (χ4n) is 2.39. The van der Waals surface area contributed by atoms with E-state index in [1.165, 1.54) is 6.07 Å². The molecule has 3 rings (SSSR count). The van der Waals surface area contributed by atoms with Gasteiger partial charge in [-0.3, -0.25) is 4.79 Å². The van der Waals surface area contributed by atoms with Crippen LogP contribution >= 0.6 is 11.3 Å². The molecule has 1 atom stereocenters. The first kappa shape index (κ1) is 18.3. The summed E-state index contributed by atoms with van der Waals surface area (Å²) in [5.74, 6) is -1.23.